The van der Waals surface area contributed by atoms with Crippen LogP contribution in [0.2, 0.25) is 0 Å². The fourth-order valence-electron chi connectivity index (χ4n) is 2.46. The topological polar surface area (TPSA) is 46.3 Å². The number of nitrogens with zero attached hydrogens (tertiary/aromatic N) is 1. The van der Waals surface area contributed by atoms with Crippen LogP contribution in [0.15, 0.2) is 47.4 Å². The van der Waals surface area contributed by atoms with Crippen LogP contribution in [0.1, 0.15) is 5.56 Å². The van der Waals surface area contributed by atoms with E-state index in [0.717, 1.165) is 16.1 Å². The Morgan fingerprint density at radius 1 is 1.29 bits per heavy atom. The second kappa shape index (κ2) is 5.77. The highest BCUT2D eigenvalue weighted by Crippen LogP contribution is 2.30. The number of fused-ring (bicyclic) bond motifs is 1. The molecule has 0 unspecified atom stereocenters. The van der Waals surface area contributed by atoms with Crippen LogP contribution in [0.3, 0.4) is 0 Å². The molecule has 0 aliphatic carbocycles. The molecule has 0 saturated heterocycles. The van der Waals surface area contributed by atoms with Gasteiger partial charge in [-0.2, -0.15) is 0 Å². The molecule has 1 aliphatic heterocycles. The molecule has 0 atom stereocenters. The number of halogens is 1. The van der Waals surface area contributed by atoms with E-state index in [2.05, 4.69) is 0 Å². The summed E-state index contributed by atoms with van der Waals surface area (Å²) >= 11 is 1.43. The number of thioether (sulfide) groups is 1. The van der Waals surface area contributed by atoms with E-state index >= 15 is 0 Å². The van der Waals surface area contributed by atoms with Crippen LogP contribution in [0.25, 0.3) is 0 Å². The van der Waals surface area contributed by atoms with Gasteiger partial charge in [-0.25, -0.2) is 4.39 Å². The zero-order valence-corrected chi connectivity index (χ0v) is 12.2. The summed E-state index contributed by atoms with van der Waals surface area (Å²) < 4.78 is 13.2. The number of benzene rings is 2. The number of amides is 1. The average molecular weight is 302 g/mol. The Bertz CT molecular complexity index is 690. The lowest BCUT2D eigenvalue weighted by Crippen LogP contribution is -2.30. The van der Waals surface area contributed by atoms with Gasteiger partial charge in [-0.15, -0.1) is 11.8 Å². The van der Waals surface area contributed by atoms with Gasteiger partial charge in [-0.1, -0.05) is 12.1 Å². The molecule has 3 rings (SSSR count). The summed E-state index contributed by atoms with van der Waals surface area (Å²) in [6.07, 6.45) is 0.705. The summed E-state index contributed by atoms with van der Waals surface area (Å²) in [5.74, 6) is 0.0912. The van der Waals surface area contributed by atoms with Gasteiger partial charge in [0.25, 0.3) is 0 Å². The van der Waals surface area contributed by atoms with Gasteiger partial charge in [-0.05, 0) is 42.3 Å². The van der Waals surface area contributed by atoms with Crippen LogP contribution in [-0.4, -0.2) is 18.2 Å². The third-order valence-corrected chi connectivity index (χ3v) is 4.58. The van der Waals surface area contributed by atoms with Gasteiger partial charge in [0.05, 0.1) is 5.75 Å². The van der Waals surface area contributed by atoms with Crippen LogP contribution in [0, 0.1) is 5.82 Å². The van der Waals surface area contributed by atoms with Gasteiger partial charge in [-0.3, -0.25) is 4.79 Å². The first-order valence-electron chi connectivity index (χ1n) is 6.71. The lowest BCUT2D eigenvalue weighted by atomic mass is 10.2. The Labute approximate surface area is 126 Å². The molecule has 1 amide bonds. The Hall–Kier alpha value is -2.01. The van der Waals surface area contributed by atoms with Crippen molar-refractivity contribution in [3.05, 3.63) is 53.8 Å². The van der Waals surface area contributed by atoms with Gasteiger partial charge in [0.1, 0.15) is 5.82 Å². The van der Waals surface area contributed by atoms with Crippen molar-refractivity contribution >= 4 is 29.0 Å². The first-order chi connectivity index (χ1) is 10.1. The maximum absolute atomic E-state index is 13.2. The van der Waals surface area contributed by atoms with E-state index in [0.29, 0.717) is 24.4 Å². The van der Waals surface area contributed by atoms with E-state index in [9.17, 15) is 9.18 Å². The third kappa shape index (κ3) is 2.88. The summed E-state index contributed by atoms with van der Waals surface area (Å²) in [6.45, 7) is 0.614. The predicted molar refractivity (Wildman–Crippen MR) is 84.0 cm³/mol. The summed E-state index contributed by atoms with van der Waals surface area (Å²) in [7, 11) is 0. The van der Waals surface area contributed by atoms with Gasteiger partial charge >= 0.3 is 0 Å². The molecule has 0 saturated carbocycles. The Balaban J connectivity index is 1.69. The van der Waals surface area contributed by atoms with E-state index < -0.39 is 0 Å². The van der Waals surface area contributed by atoms with Crippen molar-refractivity contribution < 1.29 is 9.18 Å². The molecule has 0 spiro atoms. The van der Waals surface area contributed by atoms with Crippen LogP contribution < -0.4 is 10.6 Å². The minimum Gasteiger partial charge on any atom is -0.398 e. The van der Waals surface area contributed by atoms with Crippen molar-refractivity contribution in [2.45, 2.75) is 11.3 Å². The van der Waals surface area contributed by atoms with Crippen LogP contribution in [-0.2, 0) is 11.2 Å². The molecule has 0 radical (unpaired) electrons. The molecule has 2 aromatic rings. The zero-order valence-electron chi connectivity index (χ0n) is 11.4. The van der Waals surface area contributed by atoms with Crippen LogP contribution in [0.4, 0.5) is 15.8 Å². The molecule has 1 aliphatic rings. The lowest BCUT2D eigenvalue weighted by Gasteiger charge is -2.17. The Morgan fingerprint density at radius 2 is 2.10 bits per heavy atom. The second-order valence-electron chi connectivity index (χ2n) is 4.89. The highest BCUT2D eigenvalue weighted by molar-refractivity contribution is 8.00. The number of hydrogen-bond acceptors (Lipinski definition) is 3. The fraction of sp³-hybridized carbons (Fsp3) is 0.188. The van der Waals surface area contributed by atoms with Crippen molar-refractivity contribution in [3.63, 3.8) is 0 Å². The fourth-order valence-corrected chi connectivity index (χ4v) is 3.30. The van der Waals surface area contributed by atoms with E-state index in [1.54, 1.807) is 11.0 Å². The summed E-state index contributed by atoms with van der Waals surface area (Å²) in [5.41, 5.74) is 8.26. The molecule has 1 heterocycles. The van der Waals surface area contributed by atoms with E-state index in [1.165, 1.54) is 23.9 Å². The van der Waals surface area contributed by atoms with Crippen molar-refractivity contribution in [1.29, 1.82) is 0 Å². The van der Waals surface area contributed by atoms with Crippen LogP contribution >= 0.6 is 11.8 Å². The van der Waals surface area contributed by atoms with Crippen molar-refractivity contribution in [3.8, 4) is 0 Å². The van der Waals surface area contributed by atoms with Gasteiger partial charge < -0.3 is 10.6 Å². The highest BCUT2D eigenvalue weighted by Gasteiger charge is 2.24. The first-order valence-corrected chi connectivity index (χ1v) is 7.70. The lowest BCUT2D eigenvalue weighted by molar-refractivity contribution is -0.116. The Morgan fingerprint density at radius 3 is 2.90 bits per heavy atom. The number of nitrogens with two attached hydrogens (primary N) is 1. The molecular formula is C16H15FN2OS. The first kappa shape index (κ1) is 13.9. The van der Waals surface area contributed by atoms with Crippen molar-refractivity contribution in [2.75, 3.05) is 22.9 Å². The van der Waals surface area contributed by atoms with Gasteiger partial charge in [0.2, 0.25) is 5.91 Å². The summed E-state index contributed by atoms with van der Waals surface area (Å²) in [4.78, 5) is 15.0. The molecule has 108 valence electrons. The molecule has 0 aromatic heterocycles. The predicted octanol–water partition coefficient (Wildman–Crippen LogP) is 3.09. The maximum atomic E-state index is 13.2. The number of anilines is 2. The molecule has 3 nitrogen and oxygen atoms in total. The maximum Gasteiger partial charge on any atom is 0.237 e. The summed E-state index contributed by atoms with van der Waals surface area (Å²) in [5, 5.41) is 0. The summed E-state index contributed by atoms with van der Waals surface area (Å²) in [6, 6.07) is 12.1. The zero-order chi connectivity index (χ0) is 14.8. The normalized spacial score (nSPS) is 13.3. The average Bonchev–Trinajstić information content (AvgIpc) is 2.89. The second-order valence-corrected chi connectivity index (χ2v) is 5.91. The minimum atomic E-state index is -0.255. The van der Waals surface area contributed by atoms with Gasteiger partial charge in [0, 0.05) is 22.8 Å². The number of hydrogen-bond donors (Lipinski definition) is 1. The minimum absolute atomic E-state index is 0.0219. The molecular weight excluding hydrogens is 287 g/mol. The number of para-hydroxylation sites is 1. The number of nitrogen functional groups attached to an aromatic ring is 1. The smallest absolute Gasteiger partial charge is 0.237 e. The van der Waals surface area contributed by atoms with Gasteiger partial charge in [0.15, 0.2) is 0 Å². The Kier molecular flexibility index (Phi) is 3.84. The number of carbonyl (C=O) groups excluding carboxylic acids is 1. The monoisotopic (exact) mass is 302 g/mol. The molecule has 5 heteroatoms. The molecule has 2 aromatic carbocycles. The van der Waals surface area contributed by atoms with E-state index in [1.807, 2.05) is 24.3 Å². The highest BCUT2D eigenvalue weighted by atomic mass is 32.2. The van der Waals surface area contributed by atoms with Crippen LogP contribution in [0.5, 0.6) is 0 Å². The molecule has 2 N–H and O–H groups in total. The molecule has 0 fully saturated rings. The van der Waals surface area contributed by atoms with Crippen molar-refractivity contribution in [2.24, 2.45) is 0 Å². The molecule has 21 heavy (non-hydrogen) atoms. The quantitative estimate of drug-likeness (QED) is 0.700. The number of carbonyl (C=O) groups is 1. The number of rotatable bonds is 3. The standard InChI is InChI=1S/C16H15FN2OS/c17-12-5-6-14-11(9-12)7-8-19(14)16(20)10-21-15-4-2-1-3-13(15)18/h1-6,9H,7-8,10,18H2. The third-order valence-electron chi connectivity index (χ3n) is 3.51. The largest absolute Gasteiger partial charge is 0.398 e. The van der Waals surface area contributed by atoms with E-state index in [4.69, 9.17) is 5.73 Å². The van der Waals surface area contributed by atoms with Crippen molar-refractivity contribution in [1.82, 2.24) is 0 Å². The molecule has 0 bridgehead atoms. The van der Waals surface area contributed by atoms with E-state index in [-0.39, 0.29) is 11.7 Å². The SMILES string of the molecule is Nc1ccccc1SCC(=O)N1CCc2cc(F)ccc21.